The minimum atomic E-state index is -0.400. The topological polar surface area (TPSA) is 77.3 Å². The van der Waals surface area contributed by atoms with Gasteiger partial charge in [0.25, 0.3) is 0 Å². The average Bonchev–Trinajstić information content (AvgIpc) is 2.73. The Labute approximate surface area is 106 Å². The molecule has 0 aliphatic carbocycles. The van der Waals surface area contributed by atoms with E-state index >= 15 is 0 Å². The highest BCUT2D eigenvalue weighted by Crippen LogP contribution is 2.29. The number of nitrogens with one attached hydrogen (secondary N) is 1. The molecule has 1 aliphatic rings. The lowest BCUT2D eigenvalue weighted by Crippen LogP contribution is -2.33. The molecule has 1 fully saturated rings. The lowest BCUT2D eigenvalue weighted by Gasteiger charge is -2.23. The van der Waals surface area contributed by atoms with Gasteiger partial charge >= 0.3 is 5.69 Å². The van der Waals surface area contributed by atoms with Crippen LogP contribution < -0.4 is 5.32 Å². The highest BCUT2D eigenvalue weighted by molar-refractivity contribution is 5.59. The van der Waals surface area contributed by atoms with Crippen molar-refractivity contribution in [3.63, 3.8) is 0 Å². The quantitative estimate of drug-likeness (QED) is 0.656. The van der Waals surface area contributed by atoms with Gasteiger partial charge in [-0.25, -0.2) is 4.98 Å². The van der Waals surface area contributed by atoms with Crippen molar-refractivity contribution in [2.45, 2.75) is 32.3 Å². The number of aromatic nitrogens is 1. The number of nitro groups is 1. The van der Waals surface area contributed by atoms with Crippen LogP contribution in [0.4, 0.5) is 11.5 Å². The Morgan fingerprint density at radius 3 is 3.06 bits per heavy atom. The van der Waals surface area contributed by atoms with E-state index in [1.165, 1.54) is 0 Å². The number of pyridine rings is 1. The maximum Gasteiger partial charge on any atom is 0.314 e. The molecular weight excluding hydrogens is 234 g/mol. The standard InChI is InChI=1S/C12H17N3O3/c1-9-4-6-13-11(10(9)15(16)17)14-8-12(2)5-3-7-18-12/h4,6H,3,5,7-8H2,1-2H3,(H,13,14). The molecule has 1 aromatic heterocycles. The Morgan fingerprint density at radius 1 is 1.67 bits per heavy atom. The maximum atomic E-state index is 11.0. The number of aryl methyl sites for hydroxylation is 1. The molecule has 0 radical (unpaired) electrons. The van der Waals surface area contributed by atoms with Crippen LogP contribution in [0.3, 0.4) is 0 Å². The average molecular weight is 251 g/mol. The Kier molecular flexibility index (Phi) is 3.47. The first-order chi connectivity index (χ1) is 8.52. The molecule has 1 saturated heterocycles. The summed E-state index contributed by atoms with van der Waals surface area (Å²) in [5, 5.41) is 14.1. The van der Waals surface area contributed by atoms with Crippen LogP contribution in [0.15, 0.2) is 12.3 Å². The third kappa shape index (κ3) is 2.59. The normalized spacial score (nSPS) is 23.0. The molecule has 0 saturated carbocycles. The fourth-order valence-electron chi connectivity index (χ4n) is 2.16. The summed E-state index contributed by atoms with van der Waals surface area (Å²) in [5.41, 5.74) is 0.397. The first-order valence-electron chi connectivity index (χ1n) is 6.00. The zero-order chi connectivity index (χ0) is 13.2. The molecule has 0 aromatic carbocycles. The van der Waals surface area contributed by atoms with Crippen LogP contribution in [0, 0.1) is 17.0 Å². The SMILES string of the molecule is Cc1ccnc(NCC2(C)CCCO2)c1[N+](=O)[O-]. The molecule has 6 nitrogen and oxygen atoms in total. The second-order valence-corrected chi connectivity index (χ2v) is 4.84. The smallest absolute Gasteiger partial charge is 0.314 e. The second-order valence-electron chi connectivity index (χ2n) is 4.84. The molecule has 2 rings (SSSR count). The molecule has 6 heteroatoms. The van der Waals surface area contributed by atoms with Crippen molar-refractivity contribution in [1.29, 1.82) is 0 Å². The zero-order valence-corrected chi connectivity index (χ0v) is 10.6. The molecule has 0 bridgehead atoms. The minimum Gasteiger partial charge on any atom is -0.373 e. The van der Waals surface area contributed by atoms with E-state index < -0.39 is 4.92 Å². The first kappa shape index (κ1) is 12.8. The van der Waals surface area contributed by atoms with Gasteiger partial charge in [0.05, 0.1) is 10.5 Å². The molecule has 1 aliphatic heterocycles. The van der Waals surface area contributed by atoms with Gasteiger partial charge in [-0.3, -0.25) is 10.1 Å². The van der Waals surface area contributed by atoms with Crippen LogP contribution in [-0.4, -0.2) is 28.7 Å². The monoisotopic (exact) mass is 251 g/mol. The van der Waals surface area contributed by atoms with Crippen molar-refractivity contribution in [1.82, 2.24) is 4.98 Å². The van der Waals surface area contributed by atoms with E-state index in [0.29, 0.717) is 17.9 Å². The largest absolute Gasteiger partial charge is 0.373 e. The molecule has 0 spiro atoms. The molecule has 1 aromatic rings. The zero-order valence-electron chi connectivity index (χ0n) is 10.6. The van der Waals surface area contributed by atoms with E-state index in [-0.39, 0.29) is 11.3 Å². The predicted octanol–water partition coefficient (Wildman–Crippen LogP) is 2.28. The number of anilines is 1. The van der Waals surface area contributed by atoms with Gasteiger partial charge in [0, 0.05) is 24.9 Å². The highest BCUT2D eigenvalue weighted by Gasteiger charge is 2.30. The fourth-order valence-corrected chi connectivity index (χ4v) is 2.16. The van der Waals surface area contributed by atoms with Gasteiger partial charge in [-0.05, 0) is 32.8 Å². The summed E-state index contributed by atoms with van der Waals surface area (Å²) >= 11 is 0. The summed E-state index contributed by atoms with van der Waals surface area (Å²) in [6.07, 6.45) is 3.56. The van der Waals surface area contributed by atoms with Crippen LogP contribution in [0.2, 0.25) is 0 Å². The maximum absolute atomic E-state index is 11.0. The van der Waals surface area contributed by atoms with Crippen LogP contribution >= 0.6 is 0 Å². The summed E-state index contributed by atoms with van der Waals surface area (Å²) < 4.78 is 5.63. The summed E-state index contributed by atoms with van der Waals surface area (Å²) in [7, 11) is 0. The summed E-state index contributed by atoms with van der Waals surface area (Å²) in [4.78, 5) is 14.7. The Hall–Kier alpha value is -1.69. The first-order valence-corrected chi connectivity index (χ1v) is 6.00. The van der Waals surface area contributed by atoms with Gasteiger partial charge in [-0.1, -0.05) is 0 Å². The van der Waals surface area contributed by atoms with E-state index in [9.17, 15) is 10.1 Å². The van der Waals surface area contributed by atoms with E-state index in [2.05, 4.69) is 10.3 Å². The Balaban J connectivity index is 2.14. The fraction of sp³-hybridized carbons (Fsp3) is 0.583. The highest BCUT2D eigenvalue weighted by atomic mass is 16.6. The van der Waals surface area contributed by atoms with Crippen LogP contribution in [0.5, 0.6) is 0 Å². The van der Waals surface area contributed by atoms with Gasteiger partial charge in [-0.2, -0.15) is 0 Å². The lowest BCUT2D eigenvalue weighted by molar-refractivity contribution is -0.384. The molecule has 0 amide bonds. The van der Waals surface area contributed by atoms with Crippen molar-refractivity contribution in [2.75, 3.05) is 18.5 Å². The third-order valence-corrected chi connectivity index (χ3v) is 3.24. The molecular formula is C12H17N3O3. The molecule has 1 N–H and O–H groups in total. The van der Waals surface area contributed by atoms with E-state index in [4.69, 9.17) is 4.74 Å². The molecule has 1 atom stereocenters. The summed E-state index contributed by atoms with van der Waals surface area (Å²) in [6, 6.07) is 1.64. The van der Waals surface area contributed by atoms with Crippen molar-refractivity contribution < 1.29 is 9.66 Å². The van der Waals surface area contributed by atoms with Gasteiger partial charge < -0.3 is 10.1 Å². The second kappa shape index (κ2) is 4.89. The van der Waals surface area contributed by atoms with Crippen molar-refractivity contribution in [3.05, 3.63) is 27.9 Å². The number of hydrogen-bond donors (Lipinski definition) is 1. The minimum absolute atomic E-state index is 0.0408. The number of nitrogens with zero attached hydrogens (tertiary/aromatic N) is 2. The number of rotatable bonds is 4. The molecule has 2 heterocycles. The third-order valence-electron chi connectivity index (χ3n) is 3.24. The number of hydrogen-bond acceptors (Lipinski definition) is 5. The van der Waals surface area contributed by atoms with Gasteiger partial charge in [0.1, 0.15) is 0 Å². The van der Waals surface area contributed by atoms with E-state index in [1.54, 1.807) is 19.2 Å². The van der Waals surface area contributed by atoms with Crippen LogP contribution in [0.1, 0.15) is 25.3 Å². The van der Waals surface area contributed by atoms with Crippen LogP contribution in [0.25, 0.3) is 0 Å². The molecule has 18 heavy (non-hydrogen) atoms. The van der Waals surface area contributed by atoms with Crippen LogP contribution in [-0.2, 0) is 4.74 Å². The Bertz CT molecular complexity index is 456. The summed E-state index contributed by atoms with van der Waals surface area (Å²) in [6.45, 7) is 5.00. The van der Waals surface area contributed by atoms with Crippen molar-refractivity contribution >= 4 is 11.5 Å². The summed E-state index contributed by atoms with van der Waals surface area (Å²) in [5.74, 6) is 0.316. The van der Waals surface area contributed by atoms with Gasteiger partial charge in [-0.15, -0.1) is 0 Å². The predicted molar refractivity (Wildman–Crippen MR) is 67.7 cm³/mol. The van der Waals surface area contributed by atoms with E-state index in [1.807, 2.05) is 6.92 Å². The molecule has 1 unspecified atom stereocenters. The van der Waals surface area contributed by atoms with Crippen molar-refractivity contribution in [3.8, 4) is 0 Å². The van der Waals surface area contributed by atoms with Gasteiger partial charge in [0.15, 0.2) is 0 Å². The van der Waals surface area contributed by atoms with Crippen molar-refractivity contribution in [2.24, 2.45) is 0 Å². The lowest BCUT2D eigenvalue weighted by atomic mass is 10.0. The number of ether oxygens (including phenoxy) is 1. The molecule has 98 valence electrons. The van der Waals surface area contributed by atoms with E-state index in [0.717, 1.165) is 19.4 Å². The van der Waals surface area contributed by atoms with Gasteiger partial charge in [0.2, 0.25) is 5.82 Å². The Morgan fingerprint density at radius 2 is 2.44 bits per heavy atom.